The molecule has 2 aromatic carbocycles. The number of hydrogen-bond acceptors (Lipinski definition) is 1. The van der Waals surface area contributed by atoms with Gasteiger partial charge in [0.1, 0.15) is 5.82 Å². The Balaban J connectivity index is 2.48. The van der Waals surface area contributed by atoms with Crippen molar-refractivity contribution in [2.45, 2.75) is 13.0 Å². The lowest BCUT2D eigenvalue weighted by Crippen LogP contribution is -2.23. The summed E-state index contributed by atoms with van der Waals surface area (Å²) in [6.45, 7) is 2.74. The lowest BCUT2D eigenvalue weighted by atomic mass is 9.98. The average Bonchev–Trinajstić information content (AvgIpc) is 2.38. The predicted octanol–water partition coefficient (Wildman–Crippen LogP) is 4.94. The van der Waals surface area contributed by atoms with Crippen LogP contribution in [0.4, 0.5) is 4.39 Å². The molecule has 0 aliphatic rings. The van der Waals surface area contributed by atoms with E-state index in [1.54, 1.807) is 12.1 Å². The first-order valence-corrected chi connectivity index (χ1v) is 7.23. The van der Waals surface area contributed by atoms with Crippen molar-refractivity contribution in [2.75, 3.05) is 6.54 Å². The lowest BCUT2D eigenvalue weighted by Gasteiger charge is -2.21. The summed E-state index contributed by atoms with van der Waals surface area (Å²) < 4.78 is 15.1. The van der Waals surface area contributed by atoms with Crippen LogP contribution in [0.3, 0.4) is 0 Å². The van der Waals surface area contributed by atoms with E-state index in [9.17, 15) is 4.39 Å². The first kappa shape index (κ1) is 14.5. The Hall–Kier alpha value is -0.900. The molecule has 0 saturated carbocycles. The van der Waals surface area contributed by atoms with Gasteiger partial charge in [0.05, 0.1) is 6.04 Å². The minimum absolute atomic E-state index is 0.196. The topological polar surface area (TPSA) is 12.0 Å². The summed E-state index contributed by atoms with van der Waals surface area (Å²) in [5.41, 5.74) is 1.60. The second-order valence-corrected chi connectivity index (χ2v) is 5.47. The van der Waals surface area contributed by atoms with Crippen molar-refractivity contribution in [2.24, 2.45) is 0 Å². The molecule has 0 aliphatic carbocycles. The molecule has 4 heteroatoms. The van der Waals surface area contributed by atoms with Gasteiger partial charge >= 0.3 is 0 Å². The highest BCUT2D eigenvalue weighted by Crippen LogP contribution is 2.30. The third-order valence-electron chi connectivity index (χ3n) is 2.90. The summed E-state index contributed by atoms with van der Waals surface area (Å²) in [7, 11) is 0. The van der Waals surface area contributed by atoms with Crippen LogP contribution in [0.25, 0.3) is 0 Å². The zero-order valence-electron chi connectivity index (χ0n) is 10.5. The maximum atomic E-state index is 14.1. The molecule has 2 aromatic rings. The Morgan fingerprint density at radius 2 is 1.95 bits per heavy atom. The highest BCUT2D eigenvalue weighted by atomic mass is 79.9. The van der Waals surface area contributed by atoms with Gasteiger partial charge in [-0.3, -0.25) is 0 Å². The van der Waals surface area contributed by atoms with Gasteiger partial charge in [0, 0.05) is 15.1 Å². The maximum absolute atomic E-state index is 14.1. The molecule has 0 spiro atoms. The van der Waals surface area contributed by atoms with Gasteiger partial charge in [-0.1, -0.05) is 58.7 Å². The van der Waals surface area contributed by atoms with Gasteiger partial charge in [0.25, 0.3) is 0 Å². The van der Waals surface area contributed by atoms with Crippen LogP contribution in [0.2, 0.25) is 5.02 Å². The van der Waals surface area contributed by atoms with E-state index in [4.69, 9.17) is 11.6 Å². The Morgan fingerprint density at radius 1 is 1.21 bits per heavy atom. The zero-order valence-corrected chi connectivity index (χ0v) is 12.8. The summed E-state index contributed by atoms with van der Waals surface area (Å²) in [6, 6.07) is 12.4. The number of benzene rings is 2. The van der Waals surface area contributed by atoms with Gasteiger partial charge in [0.2, 0.25) is 0 Å². The van der Waals surface area contributed by atoms with Crippen LogP contribution >= 0.6 is 27.5 Å². The maximum Gasteiger partial charge on any atom is 0.129 e. The summed E-state index contributed by atoms with van der Waals surface area (Å²) >= 11 is 9.32. The van der Waals surface area contributed by atoms with Crippen molar-refractivity contribution in [3.63, 3.8) is 0 Å². The molecule has 1 N–H and O–H groups in total. The minimum atomic E-state index is -0.297. The summed E-state index contributed by atoms with van der Waals surface area (Å²) in [5, 5.41) is 3.71. The van der Waals surface area contributed by atoms with Crippen molar-refractivity contribution in [3.8, 4) is 0 Å². The molecule has 0 bridgehead atoms. The highest BCUT2D eigenvalue weighted by Gasteiger charge is 2.19. The Kier molecular flexibility index (Phi) is 4.97. The number of halogens is 3. The molecule has 0 fully saturated rings. The van der Waals surface area contributed by atoms with Gasteiger partial charge in [-0.15, -0.1) is 0 Å². The normalized spacial score (nSPS) is 12.4. The van der Waals surface area contributed by atoms with E-state index in [1.807, 2.05) is 31.2 Å². The molecule has 1 unspecified atom stereocenters. The van der Waals surface area contributed by atoms with Crippen LogP contribution in [0, 0.1) is 5.82 Å². The Labute approximate surface area is 125 Å². The number of hydrogen-bond donors (Lipinski definition) is 1. The van der Waals surface area contributed by atoms with Crippen molar-refractivity contribution >= 4 is 27.5 Å². The molecule has 0 heterocycles. The monoisotopic (exact) mass is 341 g/mol. The first-order valence-electron chi connectivity index (χ1n) is 6.06. The van der Waals surface area contributed by atoms with Crippen molar-refractivity contribution < 1.29 is 4.39 Å². The molecule has 1 atom stereocenters. The third-order valence-corrected chi connectivity index (χ3v) is 3.86. The van der Waals surface area contributed by atoms with Crippen LogP contribution in [0.1, 0.15) is 24.1 Å². The molecule has 19 heavy (non-hydrogen) atoms. The predicted molar refractivity (Wildman–Crippen MR) is 81.1 cm³/mol. The average molecular weight is 343 g/mol. The number of nitrogens with one attached hydrogen (secondary N) is 1. The number of rotatable bonds is 4. The molecule has 0 aliphatic heterocycles. The minimum Gasteiger partial charge on any atom is -0.306 e. The van der Waals surface area contributed by atoms with Crippen LogP contribution in [-0.4, -0.2) is 6.54 Å². The van der Waals surface area contributed by atoms with E-state index in [0.717, 1.165) is 16.6 Å². The quantitative estimate of drug-likeness (QED) is 0.830. The molecule has 0 saturated heterocycles. The van der Waals surface area contributed by atoms with Crippen LogP contribution in [0.15, 0.2) is 46.9 Å². The molecular weight excluding hydrogens is 329 g/mol. The van der Waals surface area contributed by atoms with E-state index >= 15 is 0 Å². The standard InChI is InChI=1S/C15H14BrClFN/c1-2-19-15(11-5-3-4-6-13(11)16)12-8-7-10(17)9-14(12)18/h3-9,15,19H,2H2,1H3. The summed E-state index contributed by atoms with van der Waals surface area (Å²) in [6.07, 6.45) is 0. The van der Waals surface area contributed by atoms with E-state index in [2.05, 4.69) is 21.2 Å². The fourth-order valence-corrected chi connectivity index (χ4v) is 2.71. The van der Waals surface area contributed by atoms with E-state index in [0.29, 0.717) is 10.6 Å². The second-order valence-electron chi connectivity index (χ2n) is 4.18. The van der Waals surface area contributed by atoms with Gasteiger partial charge in [-0.25, -0.2) is 4.39 Å². The lowest BCUT2D eigenvalue weighted by molar-refractivity contribution is 0.558. The molecule has 0 radical (unpaired) electrons. The van der Waals surface area contributed by atoms with Gasteiger partial charge in [-0.05, 0) is 30.3 Å². The SMILES string of the molecule is CCNC(c1ccc(Cl)cc1F)c1ccccc1Br. The molecule has 0 amide bonds. The Morgan fingerprint density at radius 3 is 2.58 bits per heavy atom. The van der Waals surface area contributed by atoms with Crippen molar-refractivity contribution in [3.05, 3.63) is 68.9 Å². The largest absolute Gasteiger partial charge is 0.306 e. The van der Waals surface area contributed by atoms with Gasteiger partial charge < -0.3 is 5.32 Å². The van der Waals surface area contributed by atoms with Gasteiger partial charge in [0.15, 0.2) is 0 Å². The van der Waals surface area contributed by atoms with Crippen molar-refractivity contribution in [1.29, 1.82) is 0 Å². The van der Waals surface area contributed by atoms with E-state index in [1.165, 1.54) is 6.07 Å². The molecular formula is C15H14BrClFN. The van der Waals surface area contributed by atoms with E-state index in [-0.39, 0.29) is 11.9 Å². The molecule has 0 aromatic heterocycles. The zero-order chi connectivity index (χ0) is 13.8. The summed E-state index contributed by atoms with van der Waals surface area (Å²) in [4.78, 5) is 0. The second kappa shape index (κ2) is 6.51. The van der Waals surface area contributed by atoms with Gasteiger partial charge in [-0.2, -0.15) is 0 Å². The smallest absolute Gasteiger partial charge is 0.129 e. The summed E-state index contributed by atoms with van der Waals surface area (Å²) in [5.74, 6) is -0.297. The van der Waals surface area contributed by atoms with Crippen LogP contribution in [-0.2, 0) is 0 Å². The fourth-order valence-electron chi connectivity index (χ4n) is 2.04. The van der Waals surface area contributed by atoms with Crippen LogP contribution in [0.5, 0.6) is 0 Å². The Bertz CT molecular complexity index is 574. The molecule has 100 valence electrons. The first-order chi connectivity index (χ1) is 9.13. The molecule has 1 nitrogen and oxygen atoms in total. The fraction of sp³-hybridized carbons (Fsp3) is 0.200. The third kappa shape index (κ3) is 3.35. The van der Waals surface area contributed by atoms with Crippen molar-refractivity contribution in [1.82, 2.24) is 5.32 Å². The van der Waals surface area contributed by atoms with E-state index < -0.39 is 0 Å². The van der Waals surface area contributed by atoms with Crippen LogP contribution < -0.4 is 5.32 Å². The highest BCUT2D eigenvalue weighted by molar-refractivity contribution is 9.10. The molecule has 2 rings (SSSR count).